The zero-order valence-corrected chi connectivity index (χ0v) is 20.5. The number of fused-ring (bicyclic) bond motifs is 1. The average Bonchev–Trinajstić information content (AvgIpc) is 3.23. The van der Waals surface area contributed by atoms with Gasteiger partial charge in [0, 0.05) is 43.4 Å². The predicted octanol–water partition coefficient (Wildman–Crippen LogP) is 4.71. The van der Waals surface area contributed by atoms with Crippen LogP contribution in [0.2, 0.25) is 0 Å². The van der Waals surface area contributed by atoms with Crippen LogP contribution in [-0.4, -0.2) is 47.6 Å². The Kier molecular flexibility index (Phi) is 7.16. The van der Waals surface area contributed by atoms with Crippen LogP contribution in [-0.2, 0) is 28.7 Å². The van der Waals surface area contributed by atoms with Crippen molar-refractivity contribution in [1.82, 2.24) is 10.2 Å². The maximum atomic E-state index is 13.9. The number of hydrogen-bond acceptors (Lipinski definition) is 5. The van der Waals surface area contributed by atoms with Crippen molar-refractivity contribution in [2.75, 3.05) is 19.8 Å². The quantitative estimate of drug-likeness (QED) is 0.471. The molecule has 7 nitrogen and oxygen atoms in total. The SMILES string of the molecule is CC1COCCC1NC1CC[C@@](C(=O)N2CCc3c(cc(C(F)(F)F)cc3[N+](=O)[O-])C2)(C(C)C)C1. The Morgan fingerprint density at radius 3 is 2.69 bits per heavy atom. The number of hydrogen-bond donors (Lipinski definition) is 1. The van der Waals surface area contributed by atoms with Crippen molar-refractivity contribution in [3.63, 3.8) is 0 Å². The Morgan fingerprint density at radius 2 is 2.06 bits per heavy atom. The van der Waals surface area contributed by atoms with Gasteiger partial charge in [0.05, 0.1) is 22.5 Å². The summed E-state index contributed by atoms with van der Waals surface area (Å²) >= 11 is 0. The zero-order valence-electron chi connectivity index (χ0n) is 20.5. The predicted molar refractivity (Wildman–Crippen MR) is 124 cm³/mol. The van der Waals surface area contributed by atoms with Crippen LogP contribution in [0, 0.1) is 27.4 Å². The van der Waals surface area contributed by atoms with Crippen LogP contribution in [0.1, 0.15) is 63.1 Å². The molecular formula is C25H34F3N3O4. The molecule has 1 saturated carbocycles. The maximum Gasteiger partial charge on any atom is 0.416 e. The third-order valence-corrected chi connectivity index (χ3v) is 8.29. The second kappa shape index (κ2) is 9.69. The number of nitro groups is 1. The fourth-order valence-corrected chi connectivity index (χ4v) is 6.11. The van der Waals surface area contributed by atoms with Gasteiger partial charge < -0.3 is 15.0 Å². The van der Waals surface area contributed by atoms with Gasteiger partial charge in [-0.05, 0) is 55.6 Å². The minimum absolute atomic E-state index is 0.0392. The van der Waals surface area contributed by atoms with Crippen molar-refractivity contribution in [2.45, 2.75) is 77.7 Å². The van der Waals surface area contributed by atoms with Gasteiger partial charge >= 0.3 is 6.18 Å². The first kappa shape index (κ1) is 25.9. The molecule has 1 aliphatic carbocycles. The number of carbonyl (C=O) groups excluding carboxylic acids is 1. The van der Waals surface area contributed by atoms with Gasteiger partial charge in [-0.15, -0.1) is 0 Å². The highest BCUT2D eigenvalue weighted by molar-refractivity contribution is 5.84. The summed E-state index contributed by atoms with van der Waals surface area (Å²) in [5.41, 5.74) is -1.65. The minimum atomic E-state index is -4.70. The van der Waals surface area contributed by atoms with E-state index in [1.165, 1.54) is 0 Å². The number of ether oxygens (including phenoxy) is 1. The van der Waals surface area contributed by atoms with E-state index >= 15 is 0 Å². The topological polar surface area (TPSA) is 84.7 Å². The van der Waals surface area contributed by atoms with Crippen LogP contribution in [0.25, 0.3) is 0 Å². The molecule has 35 heavy (non-hydrogen) atoms. The third kappa shape index (κ3) is 5.05. The highest BCUT2D eigenvalue weighted by Crippen LogP contribution is 2.47. The molecule has 1 amide bonds. The van der Waals surface area contributed by atoms with Crippen LogP contribution in [0.5, 0.6) is 0 Å². The molecule has 0 radical (unpaired) electrons. The van der Waals surface area contributed by atoms with E-state index < -0.39 is 27.8 Å². The van der Waals surface area contributed by atoms with E-state index in [0.717, 1.165) is 32.1 Å². The van der Waals surface area contributed by atoms with Gasteiger partial charge in [-0.1, -0.05) is 20.8 Å². The monoisotopic (exact) mass is 497 g/mol. The van der Waals surface area contributed by atoms with E-state index in [0.29, 0.717) is 36.4 Å². The summed E-state index contributed by atoms with van der Waals surface area (Å²) in [5, 5.41) is 15.2. The van der Waals surface area contributed by atoms with Crippen molar-refractivity contribution < 1.29 is 27.6 Å². The van der Waals surface area contributed by atoms with Crippen LogP contribution in [0.3, 0.4) is 0 Å². The summed E-state index contributed by atoms with van der Waals surface area (Å²) in [5.74, 6) is 0.402. The molecule has 2 heterocycles. The number of carbonyl (C=O) groups is 1. The van der Waals surface area contributed by atoms with E-state index in [4.69, 9.17) is 4.74 Å². The van der Waals surface area contributed by atoms with E-state index in [1.54, 1.807) is 4.90 Å². The van der Waals surface area contributed by atoms with Gasteiger partial charge in [-0.2, -0.15) is 13.2 Å². The minimum Gasteiger partial charge on any atom is -0.381 e. The Balaban J connectivity index is 1.55. The smallest absolute Gasteiger partial charge is 0.381 e. The molecule has 1 saturated heterocycles. The summed E-state index contributed by atoms with van der Waals surface area (Å²) in [4.78, 5) is 26.2. The van der Waals surface area contributed by atoms with Crippen LogP contribution in [0.15, 0.2) is 12.1 Å². The largest absolute Gasteiger partial charge is 0.416 e. The molecule has 1 aromatic carbocycles. The summed E-state index contributed by atoms with van der Waals surface area (Å²) < 4.78 is 45.8. The van der Waals surface area contributed by atoms with Crippen molar-refractivity contribution in [2.24, 2.45) is 17.3 Å². The highest BCUT2D eigenvalue weighted by Gasteiger charge is 2.50. The van der Waals surface area contributed by atoms with Gasteiger partial charge in [-0.3, -0.25) is 14.9 Å². The van der Waals surface area contributed by atoms with Crippen LogP contribution in [0.4, 0.5) is 18.9 Å². The summed E-state index contributed by atoms with van der Waals surface area (Å²) in [7, 11) is 0. The molecule has 194 valence electrons. The van der Waals surface area contributed by atoms with Crippen molar-refractivity contribution in [3.8, 4) is 0 Å². The molecule has 4 rings (SSSR count). The lowest BCUT2D eigenvalue weighted by Crippen LogP contribution is -2.49. The molecular weight excluding hydrogens is 463 g/mol. The third-order valence-electron chi connectivity index (χ3n) is 8.29. The standard InChI is InChI=1S/C25H34F3N3O4/c1-15(2)24(7-4-19(12-24)29-21-6-9-35-14-16(21)3)23(32)30-8-5-20-17(13-30)10-18(25(26,27)28)11-22(20)31(33)34/h10-11,15-16,19,21,29H,4-9,12-14H2,1-3H3/t16?,19?,21?,24-/m0/s1. The van der Waals surface area contributed by atoms with Crippen molar-refractivity contribution >= 4 is 11.6 Å². The molecule has 0 bridgehead atoms. The summed E-state index contributed by atoms with van der Waals surface area (Å²) in [6.45, 7) is 7.89. The number of alkyl halides is 3. The van der Waals surface area contributed by atoms with Gasteiger partial charge in [-0.25, -0.2) is 0 Å². The Labute approximate surface area is 203 Å². The van der Waals surface area contributed by atoms with Crippen LogP contribution >= 0.6 is 0 Å². The second-order valence-corrected chi connectivity index (χ2v) is 10.7. The normalized spacial score (nSPS) is 29.3. The van der Waals surface area contributed by atoms with Gasteiger partial charge in [0.25, 0.3) is 5.69 Å². The first-order valence-corrected chi connectivity index (χ1v) is 12.4. The number of amides is 1. The van der Waals surface area contributed by atoms with E-state index in [-0.39, 0.29) is 42.9 Å². The lowest BCUT2D eigenvalue weighted by molar-refractivity contribution is -0.385. The second-order valence-electron chi connectivity index (χ2n) is 10.7. The first-order valence-electron chi connectivity index (χ1n) is 12.4. The first-order chi connectivity index (χ1) is 16.4. The molecule has 4 atom stereocenters. The molecule has 3 aliphatic rings. The van der Waals surface area contributed by atoms with Crippen molar-refractivity contribution in [3.05, 3.63) is 38.9 Å². The summed E-state index contributed by atoms with van der Waals surface area (Å²) in [6, 6.07) is 2.11. The van der Waals surface area contributed by atoms with E-state index in [1.807, 2.05) is 13.8 Å². The Bertz CT molecular complexity index is 983. The van der Waals surface area contributed by atoms with Gasteiger partial charge in [0.15, 0.2) is 0 Å². The molecule has 1 N–H and O–H groups in total. The van der Waals surface area contributed by atoms with Crippen molar-refractivity contribution in [1.29, 1.82) is 0 Å². The molecule has 2 fully saturated rings. The fraction of sp³-hybridized carbons (Fsp3) is 0.720. The average molecular weight is 498 g/mol. The Morgan fingerprint density at radius 1 is 1.31 bits per heavy atom. The van der Waals surface area contributed by atoms with E-state index in [2.05, 4.69) is 12.2 Å². The molecule has 0 spiro atoms. The molecule has 2 aliphatic heterocycles. The number of rotatable bonds is 5. The number of nitro benzene ring substituents is 1. The van der Waals surface area contributed by atoms with Crippen LogP contribution < -0.4 is 5.32 Å². The molecule has 1 aromatic rings. The number of nitrogens with zero attached hydrogens (tertiary/aromatic N) is 2. The zero-order chi connectivity index (χ0) is 25.5. The number of nitrogens with one attached hydrogen (secondary N) is 1. The number of halogens is 3. The fourth-order valence-electron chi connectivity index (χ4n) is 6.11. The van der Waals surface area contributed by atoms with E-state index in [9.17, 15) is 28.1 Å². The Hall–Kier alpha value is -2.20. The number of benzene rings is 1. The van der Waals surface area contributed by atoms with Gasteiger partial charge in [0.2, 0.25) is 5.91 Å². The summed E-state index contributed by atoms with van der Waals surface area (Å²) in [6.07, 6.45) is -1.34. The highest BCUT2D eigenvalue weighted by atomic mass is 19.4. The lowest BCUT2D eigenvalue weighted by Gasteiger charge is -2.40. The van der Waals surface area contributed by atoms with Gasteiger partial charge in [0.1, 0.15) is 0 Å². The maximum absolute atomic E-state index is 13.9. The molecule has 0 aromatic heterocycles. The lowest BCUT2D eigenvalue weighted by atomic mass is 9.73. The molecule has 3 unspecified atom stereocenters. The molecule has 10 heteroatoms.